The van der Waals surface area contributed by atoms with E-state index in [9.17, 15) is 0 Å². The zero-order valence-corrected chi connectivity index (χ0v) is 17.0. The van der Waals surface area contributed by atoms with Crippen LogP contribution in [-0.2, 0) is 0 Å². The molecule has 0 saturated carbocycles. The van der Waals surface area contributed by atoms with Gasteiger partial charge in [-0.3, -0.25) is 0 Å². The molecule has 0 aromatic carbocycles. The summed E-state index contributed by atoms with van der Waals surface area (Å²) in [7, 11) is 0. The normalized spacial score (nSPS) is 7.14. The van der Waals surface area contributed by atoms with Crippen molar-refractivity contribution < 1.29 is 0 Å². The molecule has 0 fully saturated rings. The predicted octanol–water partition coefficient (Wildman–Crippen LogP) is 9.18. The lowest BCUT2D eigenvalue weighted by Gasteiger charge is -1.97. The van der Waals surface area contributed by atoms with Crippen molar-refractivity contribution in [2.24, 2.45) is 0 Å². The van der Waals surface area contributed by atoms with E-state index in [1.807, 2.05) is 94.4 Å². The standard InChI is InChI=1S/C11H14.5C2H6.CH4/c1-5-8-9-11(7-3)10(4)6-2;5*1-2;/h5-9H,2-4H2,1H3;5*1-2H3;1H4/b8-5-,11-9-;;;;;;. The number of rotatable bonds is 4. The van der Waals surface area contributed by atoms with Gasteiger partial charge in [0.1, 0.15) is 0 Å². The van der Waals surface area contributed by atoms with Crippen LogP contribution in [0.15, 0.2) is 61.3 Å². The van der Waals surface area contributed by atoms with E-state index in [4.69, 9.17) is 0 Å². The minimum atomic E-state index is 0. The van der Waals surface area contributed by atoms with Crippen LogP contribution in [0.5, 0.6) is 0 Å². The van der Waals surface area contributed by atoms with Gasteiger partial charge in [-0.05, 0) is 18.1 Å². The third kappa shape index (κ3) is 51.2. The molecule has 0 amide bonds. The Morgan fingerprint density at radius 2 is 1.00 bits per heavy atom. The van der Waals surface area contributed by atoms with Crippen LogP contribution in [-0.4, -0.2) is 0 Å². The smallest absolute Gasteiger partial charge is 0.0196 e. The van der Waals surface area contributed by atoms with E-state index in [-0.39, 0.29) is 7.43 Å². The van der Waals surface area contributed by atoms with Crippen molar-refractivity contribution in [3.8, 4) is 0 Å². The monoisotopic (exact) mass is 312 g/mol. The third-order valence-electron chi connectivity index (χ3n) is 1.31. The van der Waals surface area contributed by atoms with Gasteiger partial charge in [0.2, 0.25) is 0 Å². The molecule has 0 spiro atoms. The first kappa shape index (κ1) is 42.8. The summed E-state index contributed by atoms with van der Waals surface area (Å²) in [6, 6.07) is 0. The average molecular weight is 313 g/mol. The van der Waals surface area contributed by atoms with Gasteiger partial charge in [-0.1, -0.05) is 127 Å². The average Bonchev–Trinajstić information content (AvgIpc) is 2.64. The molecule has 0 saturated heterocycles. The van der Waals surface area contributed by atoms with Crippen molar-refractivity contribution in [1.82, 2.24) is 0 Å². The highest BCUT2D eigenvalue weighted by atomic mass is 13.9. The molecular formula is C22H48. The summed E-state index contributed by atoms with van der Waals surface area (Å²) in [5.41, 5.74) is 1.91. The van der Waals surface area contributed by atoms with E-state index in [0.29, 0.717) is 0 Å². The number of hydrogen-bond donors (Lipinski definition) is 0. The molecule has 22 heavy (non-hydrogen) atoms. The van der Waals surface area contributed by atoms with Gasteiger partial charge in [0.05, 0.1) is 0 Å². The third-order valence-corrected chi connectivity index (χ3v) is 1.31. The summed E-state index contributed by atoms with van der Waals surface area (Å²) in [6.45, 7) is 33.1. The molecule has 0 nitrogen and oxygen atoms in total. The fourth-order valence-electron chi connectivity index (χ4n) is 0.624. The molecular weight excluding hydrogens is 264 g/mol. The van der Waals surface area contributed by atoms with E-state index in [2.05, 4.69) is 19.7 Å². The second-order valence-corrected chi connectivity index (χ2v) is 2.08. The van der Waals surface area contributed by atoms with Gasteiger partial charge in [0.15, 0.2) is 0 Å². The second-order valence-electron chi connectivity index (χ2n) is 2.08. The molecule has 0 heterocycles. The van der Waals surface area contributed by atoms with Gasteiger partial charge in [-0.25, -0.2) is 0 Å². The van der Waals surface area contributed by atoms with Crippen molar-refractivity contribution >= 4 is 0 Å². The van der Waals surface area contributed by atoms with Crippen LogP contribution >= 0.6 is 0 Å². The molecule has 0 aromatic heterocycles. The van der Waals surface area contributed by atoms with Gasteiger partial charge < -0.3 is 0 Å². The van der Waals surface area contributed by atoms with Crippen LogP contribution in [0.1, 0.15) is 83.6 Å². The lowest BCUT2D eigenvalue weighted by atomic mass is 10.1. The summed E-state index contributed by atoms with van der Waals surface area (Å²) in [5.74, 6) is 0. The molecule has 0 rings (SSSR count). The minimum absolute atomic E-state index is 0. The van der Waals surface area contributed by atoms with Crippen molar-refractivity contribution in [3.05, 3.63) is 61.3 Å². The summed E-state index contributed by atoms with van der Waals surface area (Å²) in [5, 5.41) is 0. The first-order valence-corrected chi connectivity index (χ1v) is 8.53. The first-order chi connectivity index (χ1) is 10.3. The SMILES string of the molecule is C.C=CC(=C)/C(C=C)=C\C=C/C.CC.CC.CC.CC.CC. The van der Waals surface area contributed by atoms with Gasteiger partial charge in [0.25, 0.3) is 0 Å². The van der Waals surface area contributed by atoms with E-state index in [1.54, 1.807) is 12.2 Å². The summed E-state index contributed by atoms with van der Waals surface area (Å²) in [6.07, 6.45) is 9.35. The Balaban J connectivity index is -0.0000000348. The predicted molar refractivity (Wildman–Crippen MR) is 116 cm³/mol. The van der Waals surface area contributed by atoms with Gasteiger partial charge in [-0.15, -0.1) is 0 Å². The highest BCUT2D eigenvalue weighted by molar-refractivity contribution is 5.44. The van der Waals surface area contributed by atoms with Gasteiger partial charge in [-0.2, -0.15) is 0 Å². The van der Waals surface area contributed by atoms with Crippen molar-refractivity contribution in [2.75, 3.05) is 0 Å². The Morgan fingerprint density at radius 1 is 0.682 bits per heavy atom. The molecule has 0 aliphatic heterocycles. The van der Waals surface area contributed by atoms with Crippen LogP contribution in [0.2, 0.25) is 0 Å². The topological polar surface area (TPSA) is 0 Å². The Kier molecular flexibility index (Phi) is 142. The molecule has 0 aromatic rings. The Labute approximate surface area is 145 Å². The molecule has 0 N–H and O–H groups in total. The van der Waals surface area contributed by atoms with Crippen LogP contribution in [0.3, 0.4) is 0 Å². The quantitative estimate of drug-likeness (QED) is 0.454. The van der Waals surface area contributed by atoms with E-state index < -0.39 is 0 Å². The molecule has 0 aliphatic rings. The fraction of sp³-hybridized carbons (Fsp3) is 0.545. The molecule has 0 aliphatic carbocycles. The summed E-state index contributed by atoms with van der Waals surface area (Å²) in [4.78, 5) is 0. The highest BCUT2D eigenvalue weighted by Crippen LogP contribution is 2.09. The number of hydrogen-bond acceptors (Lipinski definition) is 0. The second kappa shape index (κ2) is 73.2. The summed E-state index contributed by atoms with van der Waals surface area (Å²) < 4.78 is 0. The van der Waals surface area contributed by atoms with Gasteiger partial charge >= 0.3 is 0 Å². The molecule has 0 atom stereocenters. The first-order valence-electron chi connectivity index (χ1n) is 8.53. The van der Waals surface area contributed by atoms with Crippen LogP contribution in [0.25, 0.3) is 0 Å². The Bertz CT molecular complexity index is 214. The van der Waals surface area contributed by atoms with E-state index >= 15 is 0 Å². The Hall–Kier alpha value is -1.30. The molecule has 0 unspecified atom stereocenters. The van der Waals surface area contributed by atoms with Crippen molar-refractivity contribution in [3.63, 3.8) is 0 Å². The maximum absolute atomic E-state index is 3.81. The van der Waals surface area contributed by atoms with E-state index in [1.165, 1.54) is 0 Å². The molecule has 136 valence electrons. The fourth-order valence-corrected chi connectivity index (χ4v) is 0.624. The van der Waals surface area contributed by atoms with Crippen molar-refractivity contribution in [2.45, 2.75) is 83.6 Å². The maximum atomic E-state index is 3.81. The molecule has 0 radical (unpaired) electrons. The molecule has 0 bridgehead atoms. The van der Waals surface area contributed by atoms with Crippen LogP contribution in [0, 0.1) is 0 Å². The Morgan fingerprint density at radius 3 is 1.18 bits per heavy atom. The van der Waals surface area contributed by atoms with E-state index in [0.717, 1.165) is 11.1 Å². The highest BCUT2D eigenvalue weighted by Gasteiger charge is 1.89. The largest absolute Gasteiger partial charge is 0.0985 e. The van der Waals surface area contributed by atoms with Crippen molar-refractivity contribution in [1.29, 1.82) is 0 Å². The zero-order valence-electron chi connectivity index (χ0n) is 17.0. The molecule has 0 heteroatoms. The lowest BCUT2D eigenvalue weighted by Crippen LogP contribution is -1.77. The summed E-state index contributed by atoms with van der Waals surface area (Å²) >= 11 is 0. The van der Waals surface area contributed by atoms with Gasteiger partial charge in [0, 0.05) is 0 Å². The van der Waals surface area contributed by atoms with Crippen LogP contribution in [0.4, 0.5) is 0 Å². The minimum Gasteiger partial charge on any atom is -0.0985 e. The lowest BCUT2D eigenvalue weighted by molar-refractivity contribution is 1.50. The van der Waals surface area contributed by atoms with Crippen LogP contribution < -0.4 is 0 Å². The number of allylic oxidation sites excluding steroid dienone is 7. The zero-order chi connectivity index (χ0) is 18.7. The maximum Gasteiger partial charge on any atom is -0.0196 e.